The Hall–Kier alpha value is -1.80. The molecule has 2 aromatic rings. The van der Waals surface area contributed by atoms with Gasteiger partial charge in [0.1, 0.15) is 5.82 Å². The summed E-state index contributed by atoms with van der Waals surface area (Å²) in [6.45, 7) is 6.49. The lowest BCUT2D eigenvalue weighted by molar-refractivity contribution is 0.404. The van der Waals surface area contributed by atoms with Crippen molar-refractivity contribution in [3.05, 3.63) is 40.0 Å². The molecule has 0 atom stereocenters. The van der Waals surface area contributed by atoms with Crippen LogP contribution in [0.4, 0.5) is 5.82 Å². The van der Waals surface area contributed by atoms with Crippen molar-refractivity contribution in [1.82, 2.24) is 9.78 Å². The quantitative estimate of drug-likeness (QED) is 0.912. The molecule has 5 heteroatoms. The number of nitriles is 1. The Morgan fingerprint density at radius 1 is 1.30 bits per heavy atom. The molecule has 0 fully saturated rings. The molecule has 0 saturated heterocycles. The van der Waals surface area contributed by atoms with E-state index in [9.17, 15) is 0 Å². The van der Waals surface area contributed by atoms with E-state index in [-0.39, 0.29) is 5.41 Å². The number of rotatable bonds is 2. The van der Waals surface area contributed by atoms with Gasteiger partial charge in [-0.3, -0.25) is 0 Å². The van der Waals surface area contributed by atoms with E-state index in [1.165, 1.54) is 0 Å². The molecule has 0 radical (unpaired) electrons. The third kappa shape index (κ3) is 3.02. The first kappa shape index (κ1) is 14.6. The number of halogens is 1. The summed E-state index contributed by atoms with van der Waals surface area (Å²) in [6, 6.07) is 9.30. The highest BCUT2D eigenvalue weighted by Gasteiger charge is 2.20. The molecule has 1 aromatic carbocycles. The summed E-state index contributed by atoms with van der Waals surface area (Å²) in [4.78, 5) is 0. The summed E-state index contributed by atoms with van der Waals surface area (Å²) >= 11 is 3.52. The SMILES string of the molecule is CC(C)(C)Cc1nn(-c2ccc(C#N)cc2)c(N)c1Br. The number of hydrogen-bond donors (Lipinski definition) is 1. The normalized spacial score (nSPS) is 11.3. The maximum atomic E-state index is 8.82. The van der Waals surface area contributed by atoms with E-state index < -0.39 is 0 Å². The fourth-order valence-corrected chi connectivity index (χ4v) is 2.34. The molecule has 1 aromatic heterocycles. The molecule has 0 unspecified atom stereocenters. The van der Waals surface area contributed by atoms with Gasteiger partial charge < -0.3 is 5.73 Å². The number of benzene rings is 1. The Balaban J connectivity index is 2.42. The van der Waals surface area contributed by atoms with E-state index >= 15 is 0 Å². The molecule has 0 spiro atoms. The monoisotopic (exact) mass is 332 g/mol. The summed E-state index contributed by atoms with van der Waals surface area (Å²) in [5.41, 5.74) is 8.66. The summed E-state index contributed by atoms with van der Waals surface area (Å²) in [7, 11) is 0. The molecule has 104 valence electrons. The van der Waals surface area contributed by atoms with E-state index in [4.69, 9.17) is 11.0 Å². The number of aromatic nitrogens is 2. The molecule has 1 heterocycles. The van der Waals surface area contributed by atoms with Gasteiger partial charge in [0.25, 0.3) is 0 Å². The van der Waals surface area contributed by atoms with Gasteiger partial charge in [0, 0.05) is 0 Å². The molecule has 0 amide bonds. The Kier molecular flexibility index (Phi) is 3.87. The van der Waals surface area contributed by atoms with Crippen molar-refractivity contribution in [1.29, 1.82) is 5.26 Å². The van der Waals surface area contributed by atoms with Gasteiger partial charge in [-0.05, 0) is 52.0 Å². The number of hydrogen-bond acceptors (Lipinski definition) is 3. The zero-order valence-corrected chi connectivity index (χ0v) is 13.4. The van der Waals surface area contributed by atoms with Crippen molar-refractivity contribution in [2.75, 3.05) is 5.73 Å². The molecule has 0 saturated carbocycles. The first-order valence-corrected chi connectivity index (χ1v) is 7.14. The zero-order valence-electron chi connectivity index (χ0n) is 11.8. The number of nitrogen functional groups attached to an aromatic ring is 1. The van der Waals surface area contributed by atoms with E-state index in [1.54, 1.807) is 16.8 Å². The molecule has 0 aliphatic rings. The fourth-order valence-electron chi connectivity index (χ4n) is 1.95. The molecule has 2 rings (SSSR count). The summed E-state index contributed by atoms with van der Waals surface area (Å²) in [5.74, 6) is 0.578. The summed E-state index contributed by atoms with van der Waals surface area (Å²) < 4.78 is 2.54. The molecular weight excluding hydrogens is 316 g/mol. The Labute approximate surface area is 127 Å². The topological polar surface area (TPSA) is 67.6 Å². The van der Waals surface area contributed by atoms with Crippen molar-refractivity contribution < 1.29 is 0 Å². The van der Waals surface area contributed by atoms with E-state index in [1.807, 2.05) is 12.1 Å². The van der Waals surface area contributed by atoms with Crippen molar-refractivity contribution in [2.45, 2.75) is 27.2 Å². The maximum absolute atomic E-state index is 8.82. The van der Waals surface area contributed by atoms with Crippen molar-refractivity contribution in [3.63, 3.8) is 0 Å². The minimum atomic E-state index is 0.138. The van der Waals surface area contributed by atoms with Crippen LogP contribution in [-0.2, 0) is 6.42 Å². The minimum absolute atomic E-state index is 0.138. The number of anilines is 1. The van der Waals surface area contributed by atoms with Gasteiger partial charge in [0.2, 0.25) is 0 Å². The van der Waals surface area contributed by atoms with Gasteiger partial charge >= 0.3 is 0 Å². The van der Waals surface area contributed by atoms with Crippen molar-refractivity contribution in [2.24, 2.45) is 5.41 Å². The maximum Gasteiger partial charge on any atom is 0.141 e. The highest BCUT2D eigenvalue weighted by atomic mass is 79.9. The first-order valence-electron chi connectivity index (χ1n) is 6.35. The van der Waals surface area contributed by atoms with E-state index in [0.717, 1.165) is 22.3 Å². The second-order valence-corrected chi connectivity index (χ2v) is 6.75. The van der Waals surface area contributed by atoms with Crippen LogP contribution >= 0.6 is 15.9 Å². The number of nitrogens with zero attached hydrogens (tertiary/aromatic N) is 3. The smallest absolute Gasteiger partial charge is 0.141 e. The highest BCUT2D eigenvalue weighted by Crippen LogP contribution is 2.31. The van der Waals surface area contributed by atoms with Crippen LogP contribution in [-0.4, -0.2) is 9.78 Å². The third-order valence-corrected chi connectivity index (χ3v) is 3.73. The summed E-state index contributed by atoms with van der Waals surface area (Å²) in [5, 5.41) is 13.4. The van der Waals surface area contributed by atoms with Gasteiger partial charge in [-0.25, -0.2) is 4.68 Å². The third-order valence-electron chi connectivity index (χ3n) is 2.87. The average molecular weight is 333 g/mol. The van der Waals surface area contributed by atoms with E-state index in [0.29, 0.717) is 11.4 Å². The van der Waals surface area contributed by atoms with Gasteiger partial charge in [-0.1, -0.05) is 20.8 Å². The van der Waals surface area contributed by atoms with Gasteiger partial charge in [0.15, 0.2) is 0 Å². The predicted octanol–water partition coefficient (Wildman–Crippen LogP) is 3.68. The van der Waals surface area contributed by atoms with Crippen LogP contribution in [0.5, 0.6) is 0 Å². The van der Waals surface area contributed by atoms with Crippen LogP contribution in [0.3, 0.4) is 0 Å². The van der Waals surface area contributed by atoms with Gasteiger partial charge in [-0.2, -0.15) is 10.4 Å². The molecular formula is C15H17BrN4. The second kappa shape index (κ2) is 5.29. The number of nitrogens with two attached hydrogens (primary N) is 1. The zero-order chi connectivity index (χ0) is 14.9. The molecule has 20 heavy (non-hydrogen) atoms. The van der Waals surface area contributed by atoms with E-state index in [2.05, 4.69) is 47.9 Å². The van der Waals surface area contributed by atoms with Crippen molar-refractivity contribution >= 4 is 21.7 Å². The van der Waals surface area contributed by atoms with Crippen LogP contribution in [0.2, 0.25) is 0 Å². The molecule has 4 nitrogen and oxygen atoms in total. The van der Waals surface area contributed by atoms with Crippen LogP contribution in [0.15, 0.2) is 28.7 Å². The second-order valence-electron chi connectivity index (χ2n) is 5.95. The van der Waals surface area contributed by atoms with Crippen LogP contribution in [0, 0.1) is 16.7 Å². The lowest BCUT2D eigenvalue weighted by Gasteiger charge is -2.16. The fraction of sp³-hybridized carbons (Fsp3) is 0.333. The van der Waals surface area contributed by atoms with Crippen LogP contribution in [0.1, 0.15) is 32.0 Å². The largest absolute Gasteiger partial charge is 0.383 e. The lowest BCUT2D eigenvalue weighted by atomic mass is 9.91. The van der Waals surface area contributed by atoms with Crippen LogP contribution in [0.25, 0.3) is 5.69 Å². The van der Waals surface area contributed by atoms with Gasteiger partial charge in [0.05, 0.1) is 27.5 Å². The molecule has 0 aliphatic carbocycles. The molecule has 2 N–H and O–H groups in total. The highest BCUT2D eigenvalue weighted by molar-refractivity contribution is 9.10. The Morgan fingerprint density at radius 3 is 2.40 bits per heavy atom. The van der Waals surface area contributed by atoms with Gasteiger partial charge in [-0.15, -0.1) is 0 Å². The molecule has 0 bridgehead atoms. The average Bonchev–Trinajstić information content (AvgIpc) is 2.65. The Bertz CT molecular complexity index is 657. The minimum Gasteiger partial charge on any atom is -0.383 e. The lowest BCUT2D eigenvalue weighted by Crippen LogP contribution is -2.10. The van der Waals surface area contributed by atoms with Crippen molar-refractivity contribution in [3.8, 4) is 11.8 Å². The Morgan fingerprint density at radius 2 is 1.90 bits per heavy atom. The molecule has 0 aliphatic heterocycles. The standard InChI is InChI=1S/C15H17BrN4/c1-15(2,3)8-12-13(16)14(18)20(19-12)11-6-4-10(9-17)5-7-11/h4-7H,8,18H2,1-3H3. The first-order chi connectivity index (χ1) is 9.31. The predicted molar refractivity (Wildman–Crippen MR) is 83.6 cm³/mol. The summed E-state index contributed by atoms with van der Waals surface area (Å²) in [6.07, 6.45) is 0.834. The van der Waals surface area contributed by atoms with Crippen LogP contribution < -0.4 is 5.73 Å².